The van der Waals surface area contributed by atoms with Crippen LogP contribution in [0.3, 0.4) is 0 Å². The third-order valence-electron chi connectivity index (χ3n) is 2.83. The van der Waals surface area contributed by atoms with E-state index in [4.69, 9.17) is 0 Å². The predicted octanol–water partition coefficient (Wildman–Crippen LogP) is 3.54. The number of carbonyl (C=O) groups excluding carboxylic acids is 2. The molecule has 0 saturated carbocycles. The van der Waals surface area contributed by atoms with E-state index in [1.807, 2.05) is 30.3 Å². The molecule has 4 nitrogen and oxygen atoms in total. The molecule has 21 heavy (non-hydrogen) atoms. The maximum absolute atomic E-state index is 11.9. The van der Waals surface area contributed by atoms with Gasteiger partial charge in [0.1, 0.15) is 0 Å². The molecule has 0 aliphatic heterocycles. The molecule has 0 aliphatic rings. The van der Waals surface area contributed by atoms with Crippen LogP contribution in [0.4, 0.5) is 11.4 Å². The first kappa shape index (κ1) is 15.5. The first-order valence-electron chi connectivity index (χ1n) is 6.45. The fourth-order valence-electron chi connectivity index (χ4n) is 1.80. The minimum absolute atomic E-state index is 0.00182. The lowest BCUT2D eigenvalue weighted by Gasteiger charge is -2.09. The highest BCUT2D eigenvalue weighted by molar-refractivity contribution is 14.1. The van der Waals surface area contributed by atoms with Crippen LogP contribution in [0.25, 0.3) is 0 Å². The van der Waals surface area contributed by atoms with Crippen LogP contribution in [-0.2, 0) is 4.79 Å². The highest BCUT2D eigenvalue weighted by atomic mass is 127. The zero-order valence-corrected chi connectivity index (χ0v) is 13.7. The van der Waals surface area contributed by atoms with Gasteiger partial charge in [-0.05, 0) is 59.8 Å². The Morgan fingerprint density at radius 2 is 1.76 bits per heavy atom. The molecule has 108 valence electrons. The molecule has 0 unspecified atom stereocenters. The number of amides is 1. The Morgan fingerprint density at radius 1 is 1.05 bits per heavy atom. The van der Waals surface area contributed by atoms with Gasteiger partial charge in [0.2, 0.25) is 5.91 Å². The molecule has 0 bridgehead atoms. The van der Waals surface area contributed by atoms with E-state index in [1.165, 1.54) is 6.92 Å². The SMILES string of the molecule is CC(=O)c1cccc(NCC(=O)Nc2cccc(I)c2)c1. The van der Waals surface area contributed by atoms with E-state index in [-0.39, 0.29) is 18.2 Å². The monoisotopic (exact) mass is 394 g/mol. The van der Waals surface area contributed by atoms with Crippen LogP contribution in [0, 0.1) is 3.57 Å². The number of hydrogen-bond acceptors (Lipinski definition) is 3. The van der Waals surface area contributed by atoms with E-state index >= 15 is 0 Å². The van der Waals surface area contributed by atoms with Crippen LogP contribution in [0.1, 0.15) is 17.3 Å². The minimum atomic E-state index is -0.134. The van der Waals surface area contributed by atoms with Crippen molar-refractivity contribution in [3.63, 3.8) is 0 Å². The molecule has 0 fully saturated rings. The quantitative estimate of drug-likeness (QED) is 0.603. The second-order valence-electron chi connectivity index (χ2n) is 4.55. The van der Waals surface area contributed by atoms with Gasteiger partial charge in [-0.1, -0.05) is 18.2 Å². The number of carbonyl (C=O) groups is 2. The summed E-state index contributed by atoms with van der Waals surface area (Å²) in [5.41, 5.74) is 2.14. The molecule has 0 atom stereocenters. The molecule has 1 amide bonds. The highest BCUT2D eigenvalue weighted by Gasteiger charge is 2.04. The first-order valence-corrected chi connectivity index (χ1v) is 7.53. The second kappa shape index (κ2) is 7.21. The fourth-order valence-corrected chi connectivity index (χ4v) is 2.35. The maximum atomic E-state index is 11.9. The van der Waals surface area contributed by atoms with Gasteiger partial charge in [-0.3, -0.25) is 9.59 Å². The van der Waals surface area contributed by atoms with Crippen LogP contribution in [0.5, 0.6) is 0 Å². The summed E-state index contributed by atoms with van der Waals surface area (Å²) in [6.07, 6.45) is 0. The van der Waals surface area contributed by atoms with Crippen molar-refractivity contribution in [1.82, 2.24) is 0 Å². The average molecular weight is 394 g/mol. The van der Waals surface area contributed by atoms with Gasteiger partial charge >= 0.3 is 0 Å². The lowest BCUT2D eigenvalue weighted by Crippen LogP contribution is -2.21. The zero-order valence-electron chi connectivity index (χ0n) is 11.5. The summed E-state index contributed by atoms with van der Waals surface area (Å²) in [5, 5.41) is 5.83. The smallest absolute Gasteiger partial charge is 0.243 e. The van der Waals surface area contributed by atoms with Crippen molar-refractivity contribution in [3.05, 3.63) is 57.7 Å². The van der Waals surface area contributed by atoms with Gasteiger partial charge in [0, 0.05) is 20.5 Å². The van der Waals surface area contributed by atoms with Crippen molar-refractivity contribution < 1.29 is 9.59 Å². The topological polar surface area (TPSA) is 58.2 Å². The third kappa shape index (κ3) is 4.86. The number of Topliss-reactive ketones (excluding diaryl/α,β-unsaturated/α-hetero) is 1. The molecule has 2 aromatic rings. The lowest BCUT2D eigenvalue weighted by molar-refractivity contribution is -0.114. The molecule has 0 saturated heterocycles. The molecule has 2 N–H and O–H groups in total. The maximum Gasteiger partial charge on any atom is 0.243 e. The van der Waals surface area contributed by atoms with Crippen LogP contribution < -0.4 is 10.6 Å². The predicted molar refractivity (Wildman–Crippen MR) is 92.7 cm³/mol. The van der Waals surface area contributed by atoms with Gasteiger partial charge in [-0.25, -0.2) is 0 Å². The molecule has 0 heterocycles. The Bertz CT molecular complexity index is 671. The average Bonchev–Trinajstić information content (AvgIpc) is 2.45. The summed E-state index contributed by atoms with van der Waals surface area (Å²) in [6.45, 7) is 1.66. The van der Waals surface area contributed by atoms with E-state index < -0.39 is 0 Å². The number of anilines is 2. The Kier molecular flexibility index (Phi) is 5.32. The van der Waals surface area contributed by atoms with Gasteiger partial charge in [0.05, 0.1) is 6.54 Å². The summed E-state index contributed by atoms with van der Waals surface area (Å²) < 4.78 is 1.06. The minimum Gasteiger partial charge on any atom is -0.376 e. The number of ketones is 1. The van der Waals surface area contributed by atoms with Gasteiger partial charge in [0.25, 0.3) is 0 Å². The number of hydrogen-bond donors (Lipinski definition) is 2. The Morgan fingerprint density at radius 3 is 2.48 bits per heavy atom. The van der Waals surface area contributed by atoms with Crippen molar-refractivity contribution in [1.29, 1.82) is 0 Å². The lowest BCUT2D eigenvalue weighted by atomic mass is 10.1. The fraction of sp³-hybridized carbons (Fsp3) is 0.125. The van der Waals surface area contributed by atoms with Crippen molar-refractivity contribution >= 4 is 45.7 Å². The summed E-state index contributed by atoms with van der Waals surface area (Å²) in [4.78, 5) is 23.2. The zero-order chi connectivity index (χ0) is 15.2. The summed E-state index contributed by atoms with van der Waals surface area (Å²) in [5.74, 6) is -0.132. The molecule has 0 aromatic heterocycles. The molecule has 2 aromatic carbocycles. The molecule has 5 heteroatoms. The molecular formula is C16H15IN2O2. The number of nitrogens with one attached hydrogen (secondary N) is 2. The normalized spacial score (nSPS) is 10.0. The third-order valence-corrected chi connectivity index (χ3v) is 3.50. The van der Waals surface area contributed by atoms with E-state index in [1.54, 1.807) is 18.2 Å². The largest absolute Gasteiger partial charge is 0.376 e. The number of halogens is 1. The van der Waals surface area contributed by atoms with Crippen molar-refractivity contribution in [2.24, 2.45) is 0 Å². The van der Waals surface area contributed by atoms with Crippen LogP contribution in [0.15, 0.2) is 48.5 Å². The Balaban J connectivity index is 1.92. The second-order valence-corrected chi connectivity index (χ2v) is 5.79. The molecule has 0 spiro atoms. The summed E-state index contributed by atoms with van der Waals surface area (Å²) in [7, 11) is 0. The van der Waals surface area contributed by atoms with Gasteiger partial charge < -0.3 is 10.6 Å². The summed E-state index contributed by atoms with van der Waals surface area (Å²) >= 11 is 2.19. The van der Waals surface area contributed by atoms with Crippen molar-refractivity contribution in [3.8, 4) is 0 Å². The standard InChI is InChI=1S/C16H15IN2O2/c1-11(20)12-4-2-6-14(8-12)18-10-16(21)19-15-7-3-5-13(17)9-15/h2-9,18H,10H2,1H3,(H,19,21). The highest BCUT2D eigenvalue weighted by Crippen LogP contribution is 2.13. The van der Waals surface area contributed by atoms with Crippen LogP contribution >= 0.6 is 22.6 Å². The Hall–Kier alpha value is -1.89. The van der Waals surface area contributed by atoms with Crippen LogP contribution in [0.2, 0.25) is 0 Å². The Labute approximate surface area is 137 Å². The van der Waals surface area contributed by atoms with Gasteiger partial charge in [-0.15, -0.1) is 0 Å². The van der Waals surface area contributed by atoms with E-state index in [0.717, 1.165) is 14.9 Å². The number of benzene rings is 2. The van der Waals surface area contributed by atoms with E-state index in [2.05, 4.69) is 33.2 Å². The summed E-state index contributed by atoms with van der Waals surface area (Å²) in [6, 6.07) is 14.7. The van der Waals surface area contributed by atoms with E-state index in [9.17, 15) is 9.59 Å². The van der Waals surface area contributed by atoms with Crippen molar-refractivity contribution in [2.45, 2.75) is 6.92 Å². The molecule has 0 radical (unpaired) electrons. The molecule has 0 aliphatic carbocycles. The van der Waals surface area contributed by atoms with Gasteiger partial charge in [0.15, 0.2) is 5.78 Å². The molecular weight excluding hydrogens is 379 g/mol. The first-order chi connectivity index (χ1) is 10.0. The molecule has 2 rings (SSSR count). The van der Waals surface area contributed by atoms with Crippen LogP contribution in [-0.4, -0.2) is 18.2 Å². The number of rotatable bonds is 5. The van der Waals surface area contributed by atoms with Crippen molar-refractivity contribution in [2.75, 3.05) is 17.2 Å². The van der Waals surface area contributed by atoms with E-state index in [0.29, 0.717) is 5.56 Å². The van der Waals surface area contributed by atoms with Gasteiger partial charge in [-0.2, -0.15) is 0 Å².